The van der Waals surface area contributed by atoms with Gasteiger partial charge in [0.1, 0.15) is 18.2 Å². The van der Waals surface area contributed by atoms with E-state index in [-0.39, 0.29) is 11.5 Å². The summed E-state index contributed by atoms with van der Waals surface area (Å²) in [5.41, 5.74) is 2.23. The molecule has 0 saturated carbocycles. The van der Waals surface area contributed by atoms with Crippen molar-refractivity contribution in [2.24, 2.45) is 5.10 Å². The smallest absolute Gasteiger partial charge is 0.282 e. The van der Waals surface area contributed by atoms with Crippen LogP contribution >= 0.6 is 27.5 Å². The second kappa shape index (κ2) is 10.3. The van der Waals surface area contributed by atoms with Gasteiger partial charge in [0.2, 0.25) is 0 Å². The highest BCUT2D eigenvalue weighted by atomic mass is 79.9. The average Bonchev–Trinajstić information content (AvgIpc) is 2.83. The topological polar surface area (TPSA) is 56.5 Å². The molecule has 3 aromatic carbocycles. The van der Waals surface area contributed by atoms with E-state index in [4.69, 9.17) is 21.3 Å². The average molecular weight is 525 g/mol. The number of aromatic nitrogens is 2. The summed E-state index contributed by atoms with van der Waals surface area (Å²) >= 11 is 9.40. The molecule has 0 unspecified atom stereocenters. The number of fused-ring (bicyclic) bond motifs is 1. The van der Waals surface area contributed by atoms with Gasteiger partial charge in [-0.15, -0.1) is 0 Å². The van der Waals surface area contributed by atoms with Gasteiger partial charge in [-0.05, 0) is 54.4 Å². The van der Waals surface area contributed by atoms with Gasteiger partial charge in [-0.25, -0.2) is 4.98 Å². The maximum Gasteiger partial charge on any atom is 0.282 e. The van der Waals surface area contributed by atoms with E-state index in [1.165, 1.54) is 4.68 Å². The van der Waals surface area contributed by atoms with Gasteiger partial charge in [-0.3, -0.25) is 4.79 Å². The fraction of sp³-hybridized carbons (Fsp3) is 0.192. The summed E-state index contributed by atoms with van der Waals surface area (Å²) in [5.74, 6) is 1.37. The van der Waals surface area contributed by atoms with Crippen LogP contribution in [0.2, 0.25) is 5.02 Å². The van der Waals surface area contributed by atoms with Crippen molar-refractivity contribution in [2.75, 3.05) is 0 Å². The Kier molecular flexibility index (Phi) is 7.26. The maximum absolute atomic E-state index is 13.3. The minimum atomic E-state index is -0.201. The molecule has 0 aliphatic carbocycles. The first-order valence-corrected chi connectivity index (χ1v) is 11.9. The van der Waals surface area contributed by atoms with Crippen LogP contribution in [-0.4, -0.2) is 15.9 Å². The Balaban J connectivity index is 1.70. The Hall–Kier alpha value is -2.96. The van der Waals surface area contributed by atoms with E-state index in [0.29, 0.717) is 34.1 Å². The Morgan fingerprint density at radius 1 is 1.15 bits per heavy atom. The van der Waals surface area contributed by atoms with E-state index in [1.54, 1.807) is 12.3 Å². The lowest BCUT2D eigenvalue weighted by atomic mass is 10.1. The first-order valence-electron chi connectivity index (χ1n) is 10.7. The van der Waals surface area contributed by atoms with E-state index in [2.05, 4.69) is 28.0 Å². The molecule has 0 radical (unpaired) electrons. The quantitative estimate of drug-likeness (QED) is 0.250. The summed E-state index contributed by atoms with van der Waals surface area (Å²) < 4.78 is 8.25. The molecule has 0 fully saturated rings. The van der Waals surface area contributed by atoms with Gasteiger partial charge < -0.3 is 4.74 Å². The lowest BCUT2D eigenvalue weighted by Crippen LogP contribution is -2.23. The number of nitrogens with zero attached hydrogens (tertiary/aromatic N) is 3. The molecule has 7 heteroatoms. The van der Waals surface area contributed by atoms with Gasteiger partial charge in [0.15, 0.2) is 0 Å². The van der Waals surface area contributed by atoms with Crippen LogP contribution in [0, 0.1) is 0 Å². The molecule has 1 atom stereocenters. The number of halogens is 2. The van der Waals surface area contributed by atoms with E-state index >= 15 is 0 Å². The lowest BCUT2D eigenvalue weighted by molar-refractivity contribution is 0.306. The van der Waals surface area contributed by atoms with Gasteiger partial charge in [-0.1, -0.05) is 65.6 Å². The van der Waals surface area contributed by atoms with Crippen molar-refractivity contribution in [1.29, 1.82) is 0 Å². The predicted molar refractivity (Wildman–Crippen MR) is 138 cm³/mol. The van der Waals surface area contributed by atoms with Gasteiger partial charge in [0.05, 0.1) is 17.1 Å². The number of para-hydroxylation sites is 1. The molecule has 0 N–H and O–H groups in total. The van der Waals surface area contributed by atoms with Crippen LogP contribution < -0.4 is 10.3 Å². The maximum atomic E-state index is 13.3. The largest absolute Gasteiger partial charge is 0.488 e. The van der Waals surface area contributed by atoms with Crippen LogP contribution in [0.15, 0.2) is 81.1 Å². The number of hydrogen-bond donors (Lipinski definition) is 0. The lowest BCUT2D eigenvalue weighted by Gasteiger charge is -2.14. The van der Waals surface area contributed by atoms with Crippen molar-refractivity contribution in [3.05, 3.63) is 104 Å². The molecule has 0 spiro atoms. The zero-order valence-electron chi connectivity index (χ0n) is 18.3. The first-order chi connectivity index (χ1) is 16.0. The van der Waals surface area contributed by atoms with Gasteiger partial charge in [0.25, 0.3) is 5.56 Å². The van der Waals surface area contributed by atoms with E-state index in [1.807, 2.05) is 67.6 Å². The summed E-state index contributed by atoms with van der Waals surface area (Å²) in [6.07, 6.45) is 2.49. The van der Waals surface area contributed by atoms with Crippen LogP contribution in [0.5, 0.6) is 5.75 Å². The monoisotopic (exact) mass is 523 g/mol. The third kappa shape index (κ3) is 5.34. The van der Waals surface area contributed by atoms with Gasteiger partial charge >= 0.3 is 0 Å². The highest BCUT2D eigenvalue weighted by molar-refractivity contribution is 9.10. The van der Waals surface area contributed by atoms with Crippen LogP contribution in [-0.2, 0) is 6.61 Å². The van der Waals surface area contributed by atoms with Crippen molar-refractivity contribution in [1.82, 2.24) is 9.66 Å². The molecular formula is C26H23BrClN3O2. The Bertz CT molecular complexity index is 1370. The SMILES string of the molecule is CC[C@@H](C)c1nc2ccc(Br)cc2c(=O)n1N=Cc1ccccc1OCc1ccc(Cl)cc1. The highest BCUT2D eigenvalue weighted by Gasteiger charge is 2.15. The molecule has 168 valence electrons. The molecule has 1 heterocycles. The summed E-state index contributed by atoms with van der Waals surface area (Å²) in [6, 6.07) is 20.6. The van der Waals surface area contributed by atoms with Crippen LogP contribution in [0.3, 0.4) is 0 Å². The summed E-state index contributed by atoms with van der Waals surface area (Å²) in [6.45, 7) is 4.50. The molecule has 0 bridgehead atoms. The minimum Gasteiger partial charge on any atom is -0.488 e. The molecule has 33 heavy (non-hydrogen) atoms. The van der Waals surface area contributed by atoms with Gasteiger partial charge in [0, 0.05) is 21.0 Å². The zero-order chi connectivity index (χ0) is 23.4. The molecule has 0 amide bonds. The van der Waals surface area contributed by atoms with Gasteiger partial charge in [-0.2, -0.15) is 9.78 Å². The first kappa shape index (κ1) is 23.2. The number of hydrogen-bond acceptors (Lipinski definition) is 4. The minimum absolute atomic E-state index is 0.0688. The molecule has 1 aromatic heterocycles. The standard InChI is InChI=1S/C26H23BrClN3O2/c1-3-17(2)25-30-23-13-10-20(27)14-22(23)26(32)31(25)29-15-19-6-4-5-7-24(19)33-16-18-8-11-21(28)12-9-18/h4-15,17H,3,16H2,1-2H3/t17-/m1/s1. The fourth-order valence-corrected chi connectivity index (χ4v) is 3.85. The summed E-state index contributed by atoms with van der Waals surface area (Å²) in [4.78, 5) is 18.1. The van der Waals surface area contributed by atoms with E-state index in [9.17, 15) is 4.79 Å². The second-order valence-electron chi connectivity index (χ2n) is 7.76. The van der Waals surface area contributed by atoms with Crippen LogP contribution in [0.1, 0.15) is 43.1 Å². The van der Waals surface area contributed by atoms with Crippen molar-refractivity contribution in [2.45, 2.75) is 32.8 Å². The molecule has 5 nitrogen and oxygen atoms in total. The second-order valence-corrected chi connectivity index (χ2v) is 9.11. The Morgan fingerprint density at radius 3 is 2.67 bits per heavy atom. The number of ether oxygens (including phenoxy) is 1. The fourth-order valence-electron chi connectivity index (χ4n) is 3.36. The Morgan fingerprint density at radius 2 is 1.91 bits per heavy atom. The molecule has 4 aromatic rings. The molecular weight excluding hydrogens is 502 g/mol. The third-order valence-corrected chi connectivity index (χ3v) is 6.17. The van der Waals surface area contributed by atoms with Crippen molar-refractivity contribution >= 4 is 44.6 Å². The third-order valence-electron chi connectivity index (χ3n) is 5.43. The summed E-state index contributed by atoms with van der Waals surface area (Å²) in [7, 11) is 0. The van der Waals surface area contributed by atoms with Crippen molar-refractivity contribution < 1.29 is 4.74 Å². The molecule has 0 aliphatic heterocycles. The molecule has 0 aliphatic rings. The van der Waals surface area contributed by atoms with Crippen LogP contribution in [0.4, 0.5) is 0 Å². The Labute approximate surface area is 205 Å². The van der Waals surface area contributed by atoms with Crippen molar-refractivity contribution in [3.63, 3.8) is 0 Å². The number of benzene rings is 3. The normalized spacial score (nSPS) is 12.4. The van der Waals surface area contributed by atoms with E-state index in [0.717, 1.165) is 22.0 Å². The zero-order valence-corrected chi connectivity index (χ0v) is 20.7. The molecule has 0 saturated heterocycles. The van der Waals surface area contributed by atoms with E-state index < -0.39 is 0 Å². The predicted octanol–water partition coefficient (Wildman–Crippen LogP) is 6.79. The number of rotatable bonds is 7. The van der Waals surface area contributed by atoms with Crippen molar-refractivity contribution in [3.8, 4) is 5.75 Å². The molecule has 4 rings (SSSR count). The highest BCUT2D eigenvalue weighted by Crippen LogP contribution is 2.22. The summed E-state index contributed by atoms with van der Waals surface area (Å²) in [5, 5.41) is 5.76. The van der Waals surface area contributed by atoms with Crippen LogP contribution in [0.25, 0.3) is 10.9 Å².